The van der Waals surface area contributed by atoms with Crippen molar-refractivity contribution in [1.82, 2.24) is 20.1 Å². The van der Waals surface area contributed by atoms with E-state index in [1.165, 1.54) is 18.7 Å². The fraction of sp³-hybridized carbons (Fsp3) is 0.818. The van der Waals surface area contributed by atoms with Gasteiger partial charge in [0.25, 0.3) is 0 Å². The van der Waals surface area contributed by atoms with E-state index in [0.29, 0.717) is 11.8 Å². The zero-order chi connectivity index (χ0) is 10.7. The Labute approximate surface area is 91.1 Å². The molecule has 4 nitrogen and oxygen atoms in total. The second-order valence-corrected chi connectivity index (χ2v) is 4.75. The molecule has 1 saturated carbocycles. The van der Waals surface area contributed by atoms with Crippen molar-refractivity contribution in [2.24, 2.45) is 5.92 Å². The molecule has 0 radical (unpaired) electrons. The van der Waals surface area contributed by atoms with Crippen LogP contribution in [0.15, 0.2) is 6.33 Å². The van der Waals surface area contributed by atoms with Crippen LogP contribution in [0.3, 0.4) is 0 Å². The Morgan fingerprint density at radius 1 is 1.53 bits per heavy atom. The van der Waals surface area contributed by atoms with Crippen LogP contribution >= 0.6 is 0 Å². The topological polar surface area (TPSA) is 42.7 Å². The molecule has 0 spiro atoms. The molecule has 1 aromatic heterocycles. The minimum absolute atomic E-state index is 0.692. The van der Waals surface area contributed by atoms with Crippen LogP contribution in [0, 0.1) is 5.92 Å². The minimum atomic E-state index is 0.692. The molecule has 0 atom stereocenters. The number of rotatable bonds is 6. The average molecular weight is 208 g/mol. The van der Waals surface area contributed by atoms with E-state index in [0.717, 1.165) is 19.6 Å². The van der Waals surface area contributed by atoms with Gasteiger partial charge < -0.3 is 9.88 Å². The van der Waals surface area contributed by atoms with Crippen LogP contribution in [0.5, 0.6) is 0 Å². The normalized spacial score (nSPS) is 16.2. The summed E-state index contributed by atoms with van der Waals surface area (Å²) in [5.41, 5.74) is 0. The van der Waals surface area contributed by atoms with E-state index in [9.17, 15) is 0 Å². The lowest BCUT2D eigenvalue weighted by Crippen LogP contribution is -2.24. The van der Waals surface area contributed by atoms with E-state index < -0.39 is 0 Å². The smallest absolute Gasteiger partial charge is 0.135 e. The van der Waals surface area contributed by atoms with Gasteiger partial charge >= 0.3 is 0 Å². The summed E-state index contributed by atoms with van der Waals surface area (Å²) < 4.78 is 2.19. The molecule has 1 aliphatic rings. The van der Waals surface area contributed by atoms with Crippen molar-refractivity contribution >= 4 is 0 Å². The van der Waals surface area contributed by atoms with Crippen LogP contribution in [0.25, 0.3) is 0 Å². The summed E-state index contributed by atoms with van der Waals surface area (Å²) in [6.45, 7) is 7.53. The summed E-state index contributed by atoms with van der Waals surface area (Å²) in [6, 6.07) is 0. The highest BCUT2D eigenvalue weighted by Crippen LogP contribution is 2.38. The van der Waals surface area contributed by atoms with Crippen molar-refractivity contribution < 1.29 is 0 Å². The summed E-state index contributed by atoms with van der Waals surface area (Å²) in [5.74, 6) is 2.59. The zero-order valence-electron chi connectivity index (χ0n) is 9.61. The highest BCUT2D eigenvalue weighted by molar-refractivity contribution is 5.04. The van der Waals surface area contributed by atoms with Gasteiger partial charge in [-0.25, -0.2) is 0 Å². The first kappa shape index (κ1) is 10.6. The number of nitrogens with one attached hydrogen (secondary N) is 1. The maximum Gasteiger partial charge on any atom is 0.135 e. The van der Waals surface area contributed by atoms with Crippen LogP contribution in [0.1, 0.15) is 38.4 Å². The Balaban J connectivity index is 1.75. The lowest BCUT2D eigenvalue weighted by atomic mass is 10.2. The van der Waals surface area contributed by atoms with Crippen molar-refractivity contribution in [3.8, 4) is 0 Å². The summed E-state index contributed by atoms with van der Waals surface area (Å²) in [6.07, 6.45) is 4.43. The highest BCUT2D eigenvalue weighted by atomic mass is 15.3. The summed E-state index contributed by atoms with van der Waals surface area (Å²) in [5, 5.41) is 11.6. The average Bonchev–Trinajstić information content (AvgIpc) is 2.93. The Kier molecular flexibility index (Phi) is 3.36. The standard InChI is InChI=1S/C11H20N4/c1-9(2)7-12-5-6-15-8-13-14-11(15)10-3-4-10/h8-10,12H,3-7H2,1-2H3. The summed E-state index contributed by atoms with van der Waals surface area (Å²) in [7, 11) is 0. The van der Waals surface area contributed by atoms with Crippen molar-refractivity contribution in [1.29, 1.82) is 0 Å². The van der Waals surface area contributed by atoms with Crippen molar-refractivity contribution in [2.75, 3.05) is 13.1 Å². The lowest BCUT2D eigenvalue weighted by Gasteiger charge is -2.08. The minimum Gasteiger partial charge on any atom is -0.316 e. The summed E-state index contributed by atoms with van der Waals surface area (Å²) in [4.78, 5) is 0. The second kappa shape index (κ2) is 4.75. The second-order valence-electron chi connectivity index (χ2n) is 4.75. The molecule has 1 heterocycles. The molecule has 0 unspecified atom stereocenters. The first-order valence-electron chi connectivity index (χ1n) is 5.86. The van der Waals surface area contributed by atoms with E-state index in [4.69, 9.17) is 0 Å². The molecule has 1 aliphatic carbocycles. The molecule has 4 heteroatoms. The van der Waals surface area contributed by atoms with E-state index in [1.54, 1.807) is 0 Å². The molecule has 0 aromatic carbocycles. The molecular weight excluding hydrogens is 188 g/mol. The Bertz CT molecular complexity index is 301. The third-order valence-corrected chi connectivity index (χ3v) is 2.67. The van der Waals surface area contributed by atoms with Crippen LogP contribution in [0.2, 0.25) is 0 Å². The maximum absolute atomic E-state index is 4.18. The van der Waals surface area contributed by atoms with E-state index in [2.05, 4.69) is 33.9 Å². The Morgan fingerprint density at radius 2 is 2.33 bits per heavy atom. The van der Waals surface area contributed by atoms with Gasteiger partial charge in [-0.2, -0.15) is 0 Å². The lowest BCUT2D eigenvalue weighted by molar-refractivity contribution is 0.518. The van der Waals surface area contributed by atoms with Gasteiger partial charge in [0.2, 0.25) is 0 Å². The van der Waals surface area contributed by atoms with Gasteiger partial charge in [0.1, 0.15) is 12.2 Å². The quantitative estimate of drug-likeness (QED) is 0.719. The van der Waals surface area contributed by atoms with Gasteiger partial charge in [-0.05, 0) is 25.3 Å². The number of hydrogen-bond acceptors (Lipinski definition) is 3. The van der Waals surface area contributed by atoms with E-state index in [-0.39, 0.29) is 0 Å². The molecule has 2 rings (SSSR count). The third-order valence-electron chi connectivity index (χ3n) is 2.67. The van der Waals surface area contributed by atoms with Gasteiger partial charge in [-0.1, -0.05) is 13.8 Å². The van der Waals surface area contributed by atoms with Gasteiger partial charge in [-0.3, -0.25) is 0 Å². The Morgan fingerprint density at radius 3 is 3.00 bits per heavy atom. The molecule has 1 N–H and O–H groups in total. The first-order valence-corrected chi connectivity index (χ1v) is 5.86. The monoisotopic (exact) mass is 208 g/mol. The highest BCUT2D eigenvalue weighted by Gasteiger charge is 2.28. The maximum atomic E-state index is 4.18. The zero-order valence-corrected chi connectivity index (χ0v) is 9.61. The molecule has 1 fully saturated rings. The molecule has 84 valence electrons. The Hall–Kier alpha value is -0.900. The third kappa shape index (κ3) is 3.02. The van der Waals surface area contributed by atoms with Crippen LogP contribution < -0.4 is 5.32 Å². The van der Waals surface area contributed by atoms with Crippen molar-refractivity contribution in [2.45, 2.75) is 39.2 Å². The molecule has 0 bridgehead atoms. The van der Waals surface area contributed by atoms with Gasteiger partial charge in [0.15, 0.2) is 0 Å². The molecule has 0 aliphatic heterocycles. The number of nitrogens with zero attached hydrogens (tertiary/aromatic N) is 3. The van der Waals surface area contributed by atoms with Crippen LogP contribution in [-0.2, 0) is 6.54 Å². The van der Waals surface area contributed by atoms with Gasteiger partial charge in [0, 0.05) is 19.0 Å². The fourth-order valence-electron chi connectivity index (χ4n) is 1.68. The molecule has 0 saturated heterocycles. The SMILES string of the molecule is CC(C)CNCCn1cnnc1C1CC1. The number of aromatic nitrogens is 3. The predicted octanol–water partition coefficient (Wildman–Crippen LogP) is 1.40. The van der Waals surface area contributed by atoms with Gasteiger partial charge in [0.05, 0.1) is 0 Å². The van der Waals surface area contributed by atoms with Crippen molar-refractivity contribution in [3.63, 3.8) is 0 Å². The number of hydrogen-bond donors (Lipinski definition) is 1. The van der Waals surface area contributed by atoms with Crippen molar-refractivity contribution in [3.05, 3.63) is 12.2 Å². The fourth-order valence-corrected chi connectivity index (χ4v) is 1.68. The molecule has 15 heavy (non-hydrogen) atoms. The van der Waals surface area contributed by atoms with Gasteiger partial charge in [-0.15, -0.1) is 10.2 Å². The first-order chi connectivity index (χ1) is 7.27. The van der Waals surface area contributed by atoms with Crippen LogP contribution in [-0.4, -0.2) is 27.9 Å². The molecular formula is C11H20N4. The van der Waals surface area contributed by atoms with E-state index in [1.807, 2.05) is 6.33 Å². The van der Waals surface area contributed by atoms with E-state index >= 15 is 0 Å². The summed E-state index contributed by atoms with van der Waals surface area (Å²) >= 11 is 0. The molecule has 0 amide bonds. The van der Waals surface area contributed by atoms with Crippen LogP contribution in [0.4, 0.5) is 0 Å². The molecule has 1 aromatic rings. The predicted molar refractivity (Wildman–Crippen MR) is 59.7 cm³/mol. The largest absolute Gasteiger partial charge is 0.316 e.